The summed E-state index contributed by atoms with van der Waals surface area (Å²) in [5.41, 5.74) is 7.76. The number of para-hydroxylation sites is 3. The van der Waals surface area contributed by atoms with Gasteiger partial charge >= 0.3 is 6.09 Å². The fourth-order valence-electron chi connectivity index (χ4n) is 3.97. The van der Waals surface area contributed by atoms with Crippen molar-refractivity contribution >= 4 is 40.8 Å². The van der Waals surface area contributed by atoms with Crippen molar-refractivity contribution in [2.75, 3.05) is 29.7 Å². The van der Waals surface area contributed by atoms with Crippen LogP contribution in [0.3, 0.4) is 0 Å². The number of anilines is 3. The van der Waals surface area contributed by atoms with Gasteiger partial charge < -0.3 is 30.4 Å². The Hall–Kier alpha value is -5.09. The maximum Gasteiger partial charge on any atom is 0.412 e. The second-order valence-electron chi connectivity index (χ2n) is 8.94. The van der Waals surface area contributed by atoms with E-state index >= 15 is 0 Å². The van der Waals surface area contributed by atoms with Gasteiger partial charge in [0.2, 0.25) is 5.91 Å². The minimum Gasteiger partial charge on any atom is -0.504 e. The van der Waals surface area contributed by atoms with E-state index in [1.54, 1.807) is 84.6 Å². The Morgan fingerprint density at radius 3 is 2.31 bits per heavy atom. The van der Waals surface area contributed by atoms with Gasteiger partial charge in [-0.15, -0.1) is 11.8 Å². The first kappa shape index (κ1) is 29.9. The van der Waals surface area contributed by atoms with Crippen molar-refractivity contribution in [3.8, 4) is 17.2 Å². The zero-order valence-electron chi connectivity index (χ0n) is 23.0. The number of hydrogen-bond donors (Lipinski definition) is 4. The molecule has 0 spiro atoms. The van der Waals surface area contributed by atoms with Crippen molar-refractivity contribution in [3.63, 3.8) is 0 Å². The molecule has 4 aromatic rings. The third-order valence-corrected chi connectivity index (χ3v) is 6.82. The largest absolute Gasteiger partial charge is 0.504 e. The lowest BCUT2D eigenvalue weighted by atomic mass is 10.0. The molecule has 5 N–H and O–H groups in total. The predicted molar refractivity (Wildman–Crippen MR) is 165 cm³/mol. The SMILES string of the molecule is COc1ccc([C@H](OC(=O)Nc2ccc(SC)cc2)[C@H](/C=C/C(=O)Nc2ccccc2N)Oc2ccccc2)cc1O. The lowest BCUT2D eigenvalue weighted by Crippen LogP contribution is -2.30. The molecule has 0 radical (unpaired) electrons. The van der Waals surface area contributed by atoms with E-state index in [2.05, 4.69) is 10.6 Å². The normalized spacial score (nSPS) is 12.2. The van der Waals surface area contributed by atoms with E-state index in [1.807, 2.05) is 24.5 Å². The molecule has 4 rings (SSSR count). The second-order valence-corrected chi connectivity index (χ2v) is 9.82. The number of hydrogen-bond acceptors (Lipinski definition) is 8. The summed E-state index contributed by atoms with van der Waals surface area (Å²) in [5, 5.41) is 16.0. The van der Waals surface area contributed by atoms with Gasteiger partial charge in [-0.25, -0.2) is 4.79 Å². The lowest BCUT2D eigenvalue weighted by molar-refractivity contribution is -0.112. The van der Waals surface area contributed by atoms with Crippen LogP contribution in [0.1, 0.15) is 11.7 Å². The van der Waals surface area contributed by atoms with E-state index in [1.165, 1.54) is 25.3 Å². The number of aromatic hydroxyl groups is 1. The van der Waals surface area contributed by atoms with Gasteiger partial charge in [0.05, 0.1) is 18.5 Å². The van der Waals surface area contributed by atoms with E-state index < -0.39 is 24.2 Å². The summed E-state index contributed by atoms with van der Waals surface area (Å²) in [6, 6.07) is 27.7. The highest BCUT2D eigenvalue weighted by atomic mass is 32.2. The molecule has 0 aliphatic rings. The summed E-state index contributed by atoms with van der Waals surface area (Å²) in [6.45, 7) is 0. The first-order valence-corrected chi connectivity index (χ1v) is 14.1. The quantitative estimate of drug-likeness (QED) is 0.0875. The molecule has 0 unspecified atom stereocenters. The van der Waals surface area contributed by atoms with E-state index in [9.17, 15) is 14.7 Å². The number of nitrogens with one attached hydrogen (secondary N) is 2. The van der Waals surface area contributed by atoms with Crippen LogP contribution in [0.4, 0.5) is 21.9 Å². The number of ether oxygens (including phenoxy) is 3. The highest BCUT2D eigenvalue weighted by Gasteiger charge is 2.29. The standard InChI is InChI=1S/C32H31N3O6S/c1-39-28-17-12-21(20-27(28)36)31(41-32(38)34-22-13-15-24(42-2)16-14-22)29(40-23-8-4-3-5-9-23)18-19-30(37)35-26-11-7-6-10-25(26)33/h3-20,29,31,36H,33H2,1-2H3,(H,34,38)(H,35,37)/b19-18+/t29-,31-/m0/s1. The van der Waals surface area contributed by atoms with Gasteiger partial charge in [-0.05, 0) is 73.0 Å². The Morgan fingerprint density at radius 2 is 1.64 bits per heavy atom. The molecular formula is C32H31N3O6S. The average molecular weight is 586 g/mol. The molecule has 0 heterocycles. The number of rotatable bonds is 11. The molecule has 216 valence electrons. The lowest BCUT2D eigenvalue weighted by Gasteiger charge is -2.26. The number of carbonyl (C=O) groups excluding carboxylic acids is 2. The smallest absolute Gasteiger partial charge is 0.412 e. The monoisotopic (exact) mass is 585 g/mol. The van der Waals surface area contributed by atoms with Crippen LogP contribution >= 0.6 is 11.8 Å². The molecule has 0 aliphatic heterocycles. The Labute approximate surface area is 248 Å². The minimum atomic E-state index is -1.10. The Bertz CT molecular complexity index is 1530. The summed E-state index contributed by atoms with van der Waals surface area (Å²) in [5.74, 6) is 0.0895. The number of amides is 2. The zero-order chi connectivity index (χ0) is 29.9. The number of methoxy groups -OCH3 is 1. The minimum absolute atomic E-state index is 0.156. The van der Waals surface area contributed by atoms with E-state index in [4.69, 9.17) is 19.9 Å². The van der Waals surface area contributed by atoms with Crippen molar-refractivity contribution in [2.45, 2.75) is 17.1 Å². The Balaban J connectivity index is 1.66. The summed E-state index contributed by atoms with van der Waals surface area (Å²) in [6.07, 6.45) is 1.86. The molecule has 2 amide bonds. The average Bonchev–Trinajstić information content (AvgIpc) is 3.00. The van der Waals surface area contributed by atoms with Gasteiger partial charge in [-0.3, -0.25) is 10.1 Å². The van der Waals surface area contributed by atoms with Gasteiger partial charge in [-0.1, -0.05) is 36.4 Å². The maximum absolute atomic E-state index is 13.1. The predicted octanol–water partition coefficient (Wildman–Crippen LogP) is 6.64. The third-order valence-electron chi connectivity index (χ3n) is 6.07. The number of carbonyl (C=O) groups is 2. The molecule has 0 aliphatic carbocycles. The summed E-state index contributed by atoms with van der Waals surface area (Å²) in [7, 11) is 1.43. The fourth-order valence-corrected chi connectivity index (χ4v) is 4.38. The Morgan fingerprint density at radius 1 is 0.929 bits per heavy atom. The van der Waals surface area contributed by atoms with E-state index in [0.717, 1.165) is 4.90 Å². The number of benzene rings is 4. The van der Waals surface area contributed by atoms with Gasteiger partial charge in [0, 0.05) is 22.2 Å². The van der Waals surface area contributed by atoms with Gasteiger partial charge in [0.1, 0.15) is 5.75 Å². The molecule has 4 aromatic carbocycles. The summed E-state index contributed by atoms with van der Waals surface area (Å²) < 4.78 is 17.3. The summed E-state index contributed by atoms with van der Waals surface area (Å²) in [4.78, 5) is 27.0. The van der Waals surface area contributed by atoms with Gasteiger partial charge in [0.15, 0.2) is 23.7 Å². The topological polar surface area (TPSA) is 132 Å². The van der Waals surface area contributed by atoms with E-state index in [0.29, 0.717) is 28.4 Å². The molecule has 42 heavy (non-hydrogen) atoms. The molecule has 0 fully saturated rings. The molecule has 9 nitrogen and oxygen atoms in total. The number of phenols is 1. The number of phenolic OH excluding ortho intramolecular Hbond substituents is 1. The van der Waals surface area contributed by atoms with E-state index in [-0.39, 0.29) is 11.5 Å². The highest BCUT2D eigenvalue weighted by Crippen LogP contribution is 2.34. The van der Waals surface area contributed by atoms with Crippen LogP contribution in [0.2, 0.25) is 0 Å². The first-order chi connectivity index (χ1) is 20.4. The second kappa shape index (κ2) is 14.5. The Kier molecular flexibility index (Phi) is 10.3. The van der Waals surface area contributed by atoms with Crippen LogP contribution in [0.5, 0.6) is 17.2 Å². The third kappa shape index (κ3) is 8.21. The van der Waals surface area contributed by atoms with Gasteiger partial charge in [-0.2, -0.15) is 0 Å². The van der Waals surface area contributed by atoms with Crippen LogP contribution < -0.4 is 25.8 Å². The maximum atomic E-state index is 13.1. The fraction of sp³-hybridized carbons (Fsp3) is 0.125. The number of nitrogens with two attached hydrogens (primary N) is 1. The summed E-state index contributed by atoms with van der Waals surface area (Å²) >= 11 is 1.58. The van der Waals surface area contributed by atoms with Crippen LogP contribution in [-0.4, -0.2) is 36.6 Å². The van der Waals surface area contributed by atoms with Crippen LogP contribution in [0.15, 0.2) is 114 Å². The molecule has 10 heteroatoms. The molecule has 0 bridgehead atoms. The van der Waals surface area contributed by atoms with Crippen LogP contribution in [-0.2, 0) is 9.53 Å². The molecular weight excluding hydrogens is 554 g/mol. The van der Waals surface area contributed by atoms with Crippen LogP contribution in [0.25, 0.3) is 0 Å². The van der Waals surface area contributed by atoms with Crippen molar-refractivity contribution in [1.82, 2.24) is 0 Å². The zero-order valence-corrected chi connectivity index (χ0v) is 23.8. The first-order valence-electron chi connectivity index (χ1n) is 12.9. The highest BCUT2D eigenvalue weighted by molar-refractivity contribution is 7.98. The molecule has 0 saturated carbocycles. The van der Waals surface area contributed by atoms with Crippen LogP contribution in [0, 0.1) is 0 Å². The van der Waals surface area contributed by atoms with Crippen molar-refractivity contribution < 1.29 is 28.9 Å². The molecule has 2 atom stereocenters. The van der Waals surface area contributed by atoms with Crippen molar-refractivity contribution in [1.29, 1.82) is 0 Å². The molecule has 0 aromatic heterocycles. The van der Waals surface area contributed by atoms with Crippen molar-refractivity contribution in [2.24, 2.45) is 0 Å². The van der Waals surface area contributed by atoms with Crippen molar-refractivity contribution in [3.05, 3.63) is 115 Å². The number of thioether (sulfide) groups is 1. The number of nitrogen functional groups attached to an aromatic ring is 1. The van der Waals surface area contributed by atoms with Gasteiger partial charge in [0.25, 0.3) is 0 Å². The molecule has 0 saturated heterocycles.